The van der Waals surface area contributed by atoms with Crippen LogP contribution in [0.1, 0.15) is 20.9 Å². The van der Waals surface area contributed by atoms with Crippen LogP contribution in [0.2, 0.25) is 10.0 Å². The first kappa shape index (κ1) is 17.1. The van der Waals surface area contributed by atoms with Crippen LogP contribution in [-0.4, -0.2) is 11.8 Å². The van der Waals surface area contributed by atoms with E-state index in [1.807, 2.05) is 0 Å². The molecule has 1 heterocycles. The standard InChI is InChI=1S/C18H12Cl2N2O3/c19-12-6-7-14(20)13(10-12)15-8-9-16(25-15)18(24)22-21-17(23)11-4-2-1-3-5-11/h1-10H,(H,21,23)(H,22,24). The first-order valence-corrected chi connectivity index (χ1v) is 8.01. The van der Waals surface area contributed by atoms with Crippen molar-refractivity contribution >= 4 is 35.0 Å². The van der Waals surface area contributed by atoms with E-state index in [-0.39, 0.29) is 5.76 Å². The summed E-state index contributed by atoms with van der Waals surface area (Å²) in [6.45, 7) is 0. The normalized spacial score (nSPS) is 10.3. The quantitative estimate of drug-likeness (QED) is 0.670. The number of nitrogens with one attached hydrogen (secondary N) is 2. The monoisotopic (exact) mass is 374 g/mol. The molecule has 0 radical (unpaired) electrons. The van der Waals surface area contributed by atoms with Crippen molar-refractivity contribution in [2.24, 2.45) is 0 Å². The largest absolute Gasteiger partial charge is 0.451 e. The van der Waals surface area contributed by atoms with Crippen LogP contribution < -0.4 is 10.9 Å². The minimum atomic E-state index is -0.589. The maximum atomic E-state index is 12.1. The molecule has 0 unspecified atom stereocenters. The Kier molecular flexibility index (Phi) is 5.07. The van der Waals surface area contributed by atoms with Crippen molar-refractivity contribution in [1.29, 1.82) is 0 Å². The summed E-state index contributed by atoms with van der Waals surface area (Å²) in [5.41, 5.74) is 5.61. The Morgan fingerprint density at radius 3 is 2.32 bits per heavy atom. The van der Waals surface area contributed by atoms with E-state index in [2.05, 4.69) is 10.9 Å². The smallest absolute Gasteiger partial charge is 0.305 e. The molecule has 0 bridgehead atoms. The third-order valence-electron chi connectivity index (χ3n) is 3.35. The number of hydrogen-bond donors (Lipinski definition) is 2. The van der Waals surface area contributed by atoms with Gasteiger partial charge in [-0.25, -0.2) is 0 Å². The molecule has 2 amide bonds. The molecule has 126 valence electrons. The van der Waals surface area contributed by atoms with Gasteiger partial charge in [-0.3, -0.25) is 20.4 Å². The Labute approximate surface area is 153 Å². The summed E-state index contributed by atoms with van der Waals surface area (Å²) in [6, 6.07) is 16.5. The lowest BCUT2D eigenvalue weighted by atomic mass is 10.2. The molecule has 0 aliphatic heterocycles. The van der Waals surface area contributed by atoms with Gasteiger partial charge in [0.25, 0.3) is 5.91 Å². The van der Waals surface area contributed by atoms with E-state index in [9.17, 15) is 9.59 Å². The van der Waals surface area contributed by atoms with Crippen molar-refractivity contribution < 1.29 is 14.0 Å². The Balaban J connectivity index is 1.69. The predicted octanol–water partition coefficient (Wildman–Crippen LogP) is 4.33. The third-order valence-corrected chi connectivity index (χ3v) is 3.91. The second-order valence-corrected chi connectivity index (χ2v) is 5.91. The number of carbonyl (C=O) groups is 2. The van der Waals surface area contributed by atoms with Crippen molar-refractivity contribution in [1.82, 2.24) is 10.9 Å². The number of carbonyl (C=O) groups excluding carboxylic acids is 2. The van der Waals surface area contributed by atoms with E-state index in [1.165, 1.54) is 6.07 Å². The van der Waals surface area contributed by atoms with Gasteiger partial charge in [-0.05, 0) is 42.5 Å². The predicted molar refractivity (Wildman–Crippen MR) is 95.5 cm³/mol. The first-order chi connectivity index (χ1) is 12.0. The van der Waals surface area contributed by atoms with E-state index < -0.39 is 11.8 Å². The molecule has 5 nitrogen and oxygen atoms in total. The van der Waals surface area contributed by atoms with Gasteiger partial charge in [-0.15, -0.1) is 0 Å². The number of hydrazine groups is 1. The Morgan fingerprint density at radius 2 is 1.56 bits per heavy atom. The topological polar surface area (TPSA) is 71.3 Å². The fourth-order valence-corrected chi connectivity index (χ4v) is 2.51. The van der Waals surface area contributed by atoms with Gasteiger partial charge < -0.3 is 4.42 Å². The van der Waals surface area contributed by atoms with Gasteiger partial charge >= 0.3 is 5.91 Å². The third kappa shape index (κ3) is 4.02. The van der Waals surface area contributed by atoms with Crippen molar-refractivity contribution in [3.8, 4) is 11.3 Å². The van der Waals surface area contributed by atoms with Crippen LogP contribution in [-0.2, 0) is 0 Å². The summed E-state index contributed by atoms with van der Waals surface area (Å²) >= 11 is 12.1. The van der Waals surface area contributed by atoms with Gasteiger partial charge in [0.1, 0.15) is 5.76 Å². The van der Waals surface area contributed by atoms with Crippen molar-refractivity contribution in [2.45, 2.75) is 0 Å². The molecule has 0 spiro atoms. The van der Waals surface area contributed by atoms with Crippen LogP contribution in [0.4, 0.5) is 0 Å². The summed E-state index contributed by atoms with van der Waals surface area (Å²) in [6.07, 6.45) is 0. The first-order valence-electron chi connectivity index (χ1n) is 7.25. The van der Waals surface area contributed by atoms with Gasteiger partial charge in [0.05, 0.1) is 5.02 Å². The number of hydrogen-bond acceptors (Lipinski definition) is 3. The van der Waals surface area contributed by atoms with Crippen molar-refractivity contribution in [3.05, 3.63) is 82.0 Å². The molecule has 3 rings (SSSR count). The van der Waals surface area contributed by atoms with E-state index in [0.29, 0.717) is 26.9 Å². The molecule has 0 atom stereocenters. The number of rotatable bonds is 3. The van der Waals surface area contributed by atoms with Crippen molar-refractivity contribution in [2.75, 3.05) is 0 Å². The Bertz CT molecular complexity index is 923. The lowest BCUT2D eigenvalue weighted by molar-refractivity contribution is 0.0831. The van der Waals surface area contributed by atoms with Crippen LogP contribution in [0.5, 0.6) is 0 Å². The van der Waals surface area contributed by atoms with Gasteiger partial charge in [-0.1, -0.05) is 41.4 Å². The second-order valence-electron chi connectivity index (χ2n) is 5.06. The zero-order chi connectivity index (χ0) is 17.8. The SMILES string of the molecule is O=C(NNC(=O)c1ccc(-c2cc(Cl)ccc2Cl)o1)c1ccccc1. The highest BCUT2D eigenvalue weighted by molar-refractivity contribution is 6.35. The molecule has 25 heavy (non-hydrogen) atoms. The number of benzene rings is 2. The van der Waals surface area contributed by atoms with E-state index in [0.717, 1.165) is 0 Å². The van der Waals surface area contributed by atoms with Gasteiger partial charge in [0.2, 0.25) is 0 Å². The number of halogens is 2. The summed E-state index contributed by atoms with van der Waals surface area (Å²) in [7, 11) is 0. The minimum Gasteiger partial charge on any atom is -0.451 e. The molecule has 0 saturated heterocycles. The zero-order valence-corrected chi connectivity index (χ0v) is 14.3. The minimum absolute atomic E-state index is 0.0272. The Hall–Kier alpha value is -2.76. The highest BCUT2D eigenvalue weighted by Gasteiger charge is 2.15. The molecule has 0 aliphatic carbocycles. The molecule has 1 aromatic heterocycles. The molecule has 0 fully saturated rings. The molecule has 2 N–H and O–H groups in total. The lowest BCUT2D eigenvalue weighted by Crippen LogP contribution is -2.41. The molecule has 0 aliphatic rings. The van der Waals surface area contributed by atoms with E-state index in [1.54, 1.807) is 54.6 Å². The van der Waals surface area contributed by atoms with Crippen LogP contribution in [0.25, 0.3) is 11.3 Å². The van der Waals surface area contributed by atoms with Gasteiger partial charge in [0.15, 0.2) is 5.76 Å². The average molecular weight is 375 g/mol. The molecule has 3 aromatic rings. The van der Waals surface area contributed by atoms with Crippen LogP contribution in [0.15, 0.2) is 65.1 Å². The van der Waals surface area contributed by atoms with E-state index in [4.69, 9.17) is 27.6 Å². The Morgan fingerprint density at radius 1 is 0.840 bits per heavy atom. The highest BCUT2D eigenvalue weighted by Crippen LogP contribution is 2.31. The molecular weight excluding hydrogens is 363 g/mol. The number of amides is 2. The lowest BCUT2D eigenvalue weighted by Gasteiger charge is -2.06. The van der Waals surface area contributed by atoms with Crippen LogP contribution in [0, 0.1) is 0 Å². The number of furan rings is 1. The fraction of sp³-hybridized carbons (Fsp3) is 0. The summed E-state index contributed by atoms with van der Waals surface area (Å²) in [5, 5.41) is 0.944. The van der Waals surface area contributed by atoms with Crippen molar-refractivity contribution in [3.63, 3.8) is 0 Å². The highest BCUT2D eigenvalue weighted by atomic mass is 35.5. The van der Waals surface area contributed by atoms with Crippen LogP contribution in [0.3, 0.4) is 0 Å². The summed E-state index contributed by atoms with van der Waals surface area (Å²) in [5.74, 6) is -0.598. The maximum Gasteiger partial charge on any atom is 0.305 e. The fourth-order valence-electron chi connectivity index (χ4n) is 2.13. The summed E-state index contributed by atoms with van der Waals surface area (Å²) < 4.78 is 5.50. The van der Waals surface area contributed by atoms with E-state index >= 15 is 0 Å². The second kappa shape index (κ2) is 7.42. The van der Waals surface area contributed by atoms with Gasteiger partial charge in [-0.2, -0.15) is 0 Å². The molecule has 7 heteroatoms. The molecular formula is C18H12Cl2N2O3. The van der Waals surface area contributed by atoms with Crippen LogP contribution >= 0.6 is 23.2 Å². The average Bonchev–Trinajstić information content (AvgIpc) is 3.12. The summed E-state index contributed by atoms with van der Waals surface area (Å²) in [4.78, 5) is 24.0. The zero-order valence-electron chi connectivity index (χ0n) is 12.8. The molecule has 0 saturated carbocycles. The van der Waals surface area contributed by atoms with Gasteiger partial charge in [0, 0.05) is 16.1 Å². The maximum absolute atomic E-state index is 12.1. The molecule has 2 aromatic carbocycles.